The summed E-state index contributed by atoms with van der Waals surface area (Å²) in [5.41, 5.74) is -2.15. The van der Waals surface area contributed by atoms with Gasteiger partial charge in [-0.3, -0.25) is 9.59 Å². The van der Waals surface area contributed by atoms with Gasteiger partial charge in [-0.2, -0.15) is 0 Å². The summed E-state index contributed by atoms with van der Waals surface area (Å²) < 4.78 is 19.6. The molecule has 1 aromatic carbocycles. The first-order valence-corrected chi connectivity index (χ1v) is 9.36. The molecule has 0 aromatic heterocycles. The van der Waals surface area contributed by atoms with Crippen LogP contribution in [-0.2, 0) is 19.1 Å². The van der Waals surface area contributed by atoms with Crippen LogP contribution < -0.4 is 10.2 Å². The first-order valence-electron chi connectivity index (χ1n) is 9.36. The van der Waals surface area contributed by atoms with Crippen LogP contribution in [0.25, 0.3) is 0 Å². The van der Waals surface area contributed by atoms with Gasteiger partial charge in [0.15, 0.2) is 0 Å². The van der Waals surface area contributed by atoms with E-state index in [1.165, 1.54) is 23.1 Å². The van der Waals surface area contributed by atoms with Crippen LogP contribution in [0.2, 0.25) is 0 Å². The average Bonchev–Trinajstić information content (AvgIpc) is 3.02. The van der Waals surface area contributed by atoms with Gasteiger partial charge in [0.05, 0.1) is 17.7 Å². The van der Waals surface area contributed by atoms with Crippen molar-refractivity contribution in [3.8, 4) is 0 Å². The molecular formula is C20H25FN2O5. The lowest BCUT2D eigenvalue weighted by Crippen LogP contribution is -2.76. The van der Waals surface area contributed by atoms with Crippen molar-refractivity contribution < 1.29 is 28.6 Å². The molecule has 8 heteroatoms. The van der Waals surface area contributed by atoms with E-state index in [2.05, 4.69) is 5.32 Å². The lowest BCUT2D eigenvalue weighted by atomic mass is 9.54. The number of rotatable bonds is 6. The molecule has 1 heterocycles. The number of carboxylic acid groups (broad SMARTS) is 1. The second-order valence-corrected chi connectivity index (χ2v) is 7.93. The third-order valence-corrected chi connectivity index (χ3v) is 6.11. The van der Waals surface area contributed by atoms with Gasteiger partial charge in [-0.15, -0.1) is 0 Å². The number of aliphatic carboxylic acids is 1. The van der Waals surface area contributed by atoms with Gasteiger partial charge in [0.1, 0.15) is 11.4 Å². The Balaban J connectivity index is 1.75. The van der Waals surface area contributed by atoms with Crippen LogP contribution in [0.5, 0.6) is 0 Å². The molecule has 0 spiro atoms. The maximum atomic E-state index is 14.0. The summed E-state index contributed by atoms with van der Waals surface area (Å²) in [4.78, 5) is 38.4. The monoisotopic (exact) mass is 392 g/mol. The summed E-state index contributed by atoms with van der Waals surface area (Å²) in [6.07, 6.45) is -0.216. The third-order valence-electron chi connectivity index (χ3n) is 6.11. The Kier molecular flexibility index (Phi) is 5.18. The molecule has 3 atom stereocenters. The van der Waals surface area contributed by atoms with E-state index in [1.807, 2.05) is 6.92 Å². The molecule has 3 rings (SSSR count). The van der Waals surface area contributed by atoms with E-state index in [9.17, 15) is 23.9 Å². The fourth-order valence-corrected chi connectivity index (χ4v) is 4.14. The van der Waals surface area contributed by atoms with Gasteiger partial charge in [-0.25, -0.2) is 9.18 Å². The van der Waals surface area contributed by atoms with Crippen molar-refractivity contribution in [1.29, 1.82) is 0 Å². The van der Waals surface area contributed by atoms with Gasteiger partial charge in [-0.1, -0.05) is 26.0 Å². The molecule has 0 radical (unpaired) electrons. The number of halogens is 1. The first kappa shape index (κ1) is 20.3. The smallest absolute Gasteiger partial charge is 0.330 e. The summed E-state index contributed by atoms with van der Waals surface area (Å²) in [5.74, 6) is -3.30. The zero-order chi connectivity index (χ0) is 20.7. The number of hydrogen-bond acceptors (Lipinski definition) is 4. The molecule has 1 saturated carbocycles. The van der Waals surface area contributed by atoms with Crippen molar-refractivity contribution in [2.24, 2.45) is 11.3 Å². The first-order chi connectivity index (χ1) is 13.1. The van der Waals surface area contributed by atoms with Crippen molar-refractivity contribution in [1.82, 2.24) is 5.32 Å². The Bertz CT molecular complexity index is 812. The molecule has 7 nitrogen and oxygen atoms in total. The fraction of sp³-hybridized carbons (Fsp3) is 0.550. The molecule has 152 valence electrons. The summed E-state index contributed by atoms with van der Waals surface area (Å²) in [6.45, 7) is 5.79. The van der Waals surface area contributed by atoms with Crippen molar-refractivity contribution in [3.63, 3.8) is 0 Å². The second-order valence-electron chi connectivity index (χ2n) is 7.93. The topological polar surface area (TPSA) is 95.9 Å². The largest absolute Gasteiger partial charge is 0.479 e. The van der Waals surface area contributed by atoms with Crippen LogP contribution in [0.4, 0.5) is 10.1 Å². The molecule has 1 saturated heterocycles. The molecule has 2 N–H and O–H groups in total. The van der Waals surface area contributed by atoms with Gasteiger partial charge in [-0.05, 0) is 19.1 Å². The summed E-state index contributed by atoms with van der Waals surface area (Å²) in [5, 5.41) is 12.5. The van der Waals surface area contributed by atoms with Gasteiger partial charge >= 0.3 is 5.97 Å². The van der Waals surface area contributed by atoms with E-state index in [0.29, 0.717) is 6.61 Å². The second kappa shape index (κ2) is 7.16. The van der Waals surface area contributed by atoms with Crippen LogP contribution in [0.3, 0.4) is 0 Å². The van der Waals surface area contributed by atoms with Gasteiger partial charge < -0.3 is 20.1 Å². The molecule has 1 aliphatic heterocycles. The SMILES string of the molecule is CCOC1CC(NC(=O)C2CC(=O)N(c3ccccc3F)C2)(C(=O)O)C1(C)C. The van der Waals surface area contributed by atoms with E-state index >= 15 is 0 Å². The Hall–Kier alpha value is -2.48. The van der Waals surface area contributed by atoms with Gasteiger partial charge in [0, 0.05) is 31.4 Å². The van der Waals surface area contributed by atoms with Crippen molar-refractivity contribution in [2.75, 3.05) is 18.1 Å². The quantitative estimate of drug-likeness (QED) is 0.772. The van der Waals surface area contributed by atoms with E-state index < -0.39 is 34.6 Å². The predicted molar refractivity (Wildman–Crippen MR) is 99.2 cm³/mol. The van der Waals surface area contributed by atoms with E-state index in [0.717, 1.165) is 0 Å². The summed E-state index contributed by atoms with van der Waals surface area (Å²) in [6, 6.07) is 5.87. The number of carbonyl (C=O) groups excluding carboxylic acids is 2. The Labute approximate surface area is 162 Å². The highest BCUT2D eigenvalue weighted by Crippen LogP contribution is 2.51. The number of hydrogen-bond donors (Lipinski definition) is 2. The zero-order valence-corrected chi connectivity index (χ0v) is 16.2. The molecule has 1 aliphatic carbocycles. The minimum atomic E-state index is -1.46. The highest BCUT2D eigenvalue weighted by atomic mass is 19.1. The zero-order valence-electron chi connectivity index (χ0n) is 16.2. The molecule has 2 amide bonds. The average molecular weight is 392 g/mol. The minimum Gasteiger partial charge on any atom is -0.479 e. The van der Waals surface area contributed by atoms with E-state index in [1.54, 1.807) is 19.9 Å². The van der Waals surface area contributed by atoms with Crippen molar-refractivity contribution >= 4 is 23.5 Å². The maximum Gasteiger partial charge on any atom is 0.330 e. The number of nitrogens with one attached hydrogen (secondary N) is 1. The fourth-order valence-electron chi connectivity index (χ4n) is 4.14. The molecule has 0 bridgehead atoms. The number of nitrogens with zero attached hydrogens (tertiary/aromatic N) is 1. The number of carbonyl (C=O) groups is 3. The van der Waals surface area contributed by atoms with Crippen LogP contribution in [0, 0.1) is 17.2 Å². The number of amides is 2. The van der Waals surface area contributed by atoms with Crippen LogP contribution >= 0.6 is 0 Å². The van der Waals surface area contributed by atoms with Crippen LogP contribution in [0.1, 0.15) is 33.6 Å². The third kappa shape index (κ3) is 3.05. The Morgan fingerprint density at radius 1 is 1.36 bits per heavy atom. The lowest BCUT2D eigenvalue weighted by Gasteiger charge is -2.58. The Morgan fingerprint density at radius 2 is 2.04 bits per heavy atom. The van der Waals surface area contributed by atoms with Crippen LogP contribution in [0.15, 0.2) is 24.3 Å². The highest BCUT2D eigenvalue weighted by molar-refractivity contribution is 6.01. The van der Waals surface area contributed by atoms with E-state index in [4.69, 9.17) is 4.74 Å². The number of benzene rings is 1. The molecule has 2 fully saturated rings. The van der Waals surface area contributed by atoms with E-state index in [-0.39, 0.29) is 37.1 Å². The predicted octanol–water partition coefficient (Wildman–Crippen LogP) is 1.95. The standard InChI is InChI=1S/C20H25FN2O5/c1-4-28-15-10-20(18(26)27,19(15,2)3)22-17(25)12-9-16(24)23(11-12)14-8-6-5-7-13(14)21/h5-8,12,15H,4,9-11H2,1-3H3,(H,22,25)(H,26,27). The number of ether oxygens (including phenoxy) is 1. The Morgan fingerprint density at radius 3 is 2.61 bits per heavy atom. The number of carboxylic acids is 1. The summed E-state index contributed by atoms with van der Waals surface area (Å²) in [7, 11) is 0. The van der Waals surface area contributed by atoms with Gasteiger partial charge in [0.25, 0.3) is 0 Å². The molecule has 3 unspecified atom stereocenters. The molecule has 2 aliphatic rings. The minimum absolute atomic E-state index is 0.0105. The molecule has 1 aromatic rings. The lowest BCUT2D eigenvalue weighted by molar-refractivity contribution is -0.195. The molecule has 28 heavy (non-hydrogen) atoms. The highest BCUT2D eigenvalue weighted by Gasteiger charge is 2.66. The van der Waals surface area contributed by atoms with Gasteiger partial charge in [0.2, 0.25) is 11.8 Å². The number of anilines is 1. The number of para-hydroxylation sites is 1. The maximum absolute atomic E-state index is 14.0. The normalized spacial score (nSPS) is 28.7. The summed E-state index contributed by atoms with van der Waals surface area (Å²) >= 11 is 0. The van der Waals surface area contributed by atoms with Crippen molar-refractivity contribution in [3.05, 3.63) is 30.1 Å². The van der Waals surface area contributed by atoms with Crippen LogP contribution in [-0.4, -0.2) is 47.7 Å². The van der Waals surface area contributed by atoms with Crippen molar-refractivity contribution in [2.45, 2.75) is 45.3 Å². The molecular weight excluding hydrogens is 367 g/mol.